The minimum absolute atomic E-state index is 0.250. The Morgan fingerprint density at radius 2 is 1.97 bits per heavy atom. The van der Waals surface area contributed by atoms with Gasteiger partial charge in [0.1, 0.15) is 18.9 Å². The van der Waals surface area contributed by atoms with Crippen LogP contribution in [0.5, 0.6) is 5.75 Å². The first-order chi connectivity index (χ1) is 15.9. The highest BCUT2D eigenvalue weighted by molar-refractivity contribution is 9.10. The minimum Gasteiger partial charge on any atom is -0.488 e. The van der Waals surface area contributed by atoms with Gasteiger partial charge in [0.05, 0.1) is 22.6 Å². The summed E-state index contributed by atoms with van der Waals surface area (Å²) in [6.07, 6.45) is 1.65. The summed E-state index contributed by atoms with van der Waals surface area (Å²) in [5, 5.41) is -0.440. The number of nitrogens with zero attached hydrogens (tertiary/aromatic N) is 2. The topological polar surface area (TPSA) is 76.2 Å². The summed E-state index contributed by atoms with van der Waals surface area (Å²) in [4.78, 5) is 40.5. The van der Waals surface area contributed by atoms with E-state index in [4.69, 9.17) is 9.47 Å². The molecule has 2 aromatic carbocycles. The van der Waals surface area contributed by atoms with E-state index >= 15 is 0 Å². The highest BCUT2D eigenvalue weighted by atomic mass is 79.9. The minimum atomic E-state index is -0.456. The average Bonchev–Trinajstić information content (AvgIpc) is 3.06. The van der Waals surface area contributed by atoms with Gasteiger partial charge in [0.15, 0.2) is 0 Å². The average molecular weight is 531 g/mol. The molecular weight excluding hydrogens is 508 g/mol. The van der Waals surface area contributed by atoms with Crippen LogP contribution in [0.25, 0.3) is 6.08 Å². The number of morpholine rings is 1. The van der Waals surface area contributed by atoms with Crippen molar-refractivity contribution in [3.05, 3.63) is 68.5 Å². The van der Waals surface area contributed by atoms with Crippen molar-refractivity contribution in [2.24, 2.45) is 0 Å². The lowest BCUT2D eigenvalue weighted by Crippen LogP contribution is -2.46. The third-order valence-electron chi connectivity index (χ3n) is 5.26. The fourth-order valence-corrected chi connectivity index (χ4v) is 4.87. The summed E-state index contributed by atoms with van der Waals surface area (Å²) in [7, 11) is 0. The molecule has 4 rings (SSSR count). The number of carbonyl (C=O) groups is 3. The molecule has 0 spiro atoms. The Bertz CT molecular complexity index is 1110. The van der Waals surface area contributed by atoms with Gasteiger partial charge in [-0.1, -0.05) is 35.9 Å². The molecule has 172 valence electrons. The Hall–Kier alpha value is -2.62. The predicted molar refractivity (Wildman–Crippen MR) is 130 cm³/mol. The first-order valence-corrected chi connectivity index (χ1v) is 12.1. The van der Waals surface area contributed by atoms with Crippen LogP contribution in [-0.2, 0) is 20.9 Å². The van der Waals surface area contributed by atoms with Gasteiger partial charge >= 0.3 is 0 Å². The number of aryl methyl sites for hydroxylation is 1. The van der Waals surface area contributed by atoms with Gasteiger partial charge < -0.3 is 14.4 Å². The van der Waals surface area contributed by atoms with Crippen LogP contribution in [0.4, 0.5) is 4.79 Å². The van der Waals surface area contributed by atoms with Gasteiger partial charge in [-0.05, 0) is 64.0 Å². The number of benzene rings is 2. The molecule has 0 N–H and O–H groups in total. The smallest absolute Gasteiger partial charge is 0.294 e. The molecule has 2 saturated heterocycles. The van der Waals surface area contributed by atoms with E-state index in [1.165, 1.54) is 5.56 Å². The molecule has 9 heteroatoms. The van der Waals surface area contributed by atoms with Crippen LogP contribution in [-0.4, -0.2) is 59.7 Å². The zero-order valence-electron chi connectivity index (χ0n) is 18.1. The Kier molecular flexibility index (Phi) is 7.52. The Labute approximate surface area is 204 Å². The molecule has 0 aliphatic carbocycles. The second-order valence-electron chi connectivity index (χ2n) is 7.73. The highest BCUT2D eigenvalue weighted by Crippen LogP contribution is 2.34. The lowest BCUT2D eigenvalue weighted by atomic mass is 10.1. The molecule has 7 nitrogen and oxygen atoms in total. The molecule has 2 heterocycles. The van der Waals surface area contributed by atoms with Crippen molar-refractivity contribution in [3.63, 3.8) is 0 Å². The molecule has 33 heavy (non-hydrogen) atoms. The van der Waals surface area contributed by atoms with E-state index in [0.29, 0.717) is 38.7 Å². The number of rotatable bonds is 6. The molecule has 0 saturated carbocycles. The summed E-state index contributed by atoms with van der Waals surface area (Å²) < 4.78 is 11.9. The van der Waals surface area contributed by atoms with E-state index in [1.54, 1.807) is 11.0 Å². The molecule has 3 amide bonds. The molecule has 2 aliphatic heterocycles. The summed E-state index contributed by atoms with van der Waals surface area (Å²) in [6, 6.07) is 13.6. The number of ether oxygens (including phenoxy) is 2. The number of carbonyl (C=O) groups excluding carboxylic acids is 3. The summed E-state index contributed by atoms with van der Waals surface area (Å²) in [6.45, 7) is 4.09. The van der Waals surface area contributed by atoms with Crippen molar-refractivity contribution in [2.45, 2.75) is 13.5 Å². The van der Waals surface area contributed by atoms with Crippen molar-refractivity contribution in [3.8, 4) is 5.75 Å². The number of halogens is 1. The normalized spacial score (nSPS) is 17.7. The van der Waals surface area contributed by atoms with Gasteiger partial charge in [-0.15, -0.1) is 0 Å². The Morgan fingerprint density at radius 3 is 2.70 bits per heavy atom. The summed E-state index contributed by atoms with van der Waals surface area (Å²) >= 11 is 4.36. The number of thioether (sulfide) groups is 1. The lowest BCUT2D eigenvalue weighted by Gasteiger charge is -2.28. The molecule has 0 bridgehead atoms. The van der Waals surface area contributed by atoms with Crippen LogP contribution in [0.15, 0.2) is 51.8 Å². The van der Waals surface area contributed by atoms with Gasteiger partial charge in [0.25, 0.3) is 11.1 Å². The Balaban J connectivity index is 1.40. The largest absolute Gasteiger partial charge is 0.488 e. The molecule has 0 unspecified atom stereocenters. The lowest BCUT2D eigenvalue weighted by molar-refractivity contribution is -0.139. The third kappa shape index (κ3) is 5.85. The molecular formula is C24H23BrN2O5S. The monoisotopic (exact) mass is 530 g/mol. The van der Waals surface area contributed by atoms with Crippen molar-refractivity contribution in [1.82, 2.24) is 9.80 Å². The molecule has 2 aliphatic rings. The fraction of sp³-hybridized carbons (Fsp3) is 0.292. The van der Waals surface area contributed by atoms with Gasteiger partial charge in [-0.2, -0.15) is 0 Å². The maximum absolute atomic E-state index is 12.8. The molecule has 0 atom stereocenters. The first-order valence-electron chi connectivity index (χ1n) is 10.5. The van der Waals surface area contributed by atoms with Crippen LogP contribution in [0.1, 0.15) is 16.7 Å². The van der Waals surface area contributed by atoms with Crippen LogP contribution in [0, 0.1) is 6.92 Å². The molecule has 0 aromatic heterocycles. The van der Waals surface area contributed by atoms with Gasteiger partial charge in [0.2, 0.25) is 5.91 Å². The van der Waals surface area contributed by atoms with E-state index < -0.39 is 11.1 Å². The maximum Gasteiger partial charge on any atom is 0.294 e. The van der Waals surface area contributed by atoms with E-state index in [1.807, 2.05) is 43.3 Å². The second kappa shape index (κ2) is 10.5. The molecule has 0 radical (unpaired) electrons. The Morgan fingerprint density at radius 1 is 1.18 bits per heavy atom. The highest BCUT2D eigenvalue weighted by Gasteiger charge is 2.37. The second-order valence-corrected chi connectivity index (χ2v) is 9.58. The number of hydrogen-bond acceptors (Lipinski definition) is 6. The van der Waals surface area contributed by atoms with Crippen molar-refractivity contribution in [1.29, 1.82) is 0 Å². The standard InChI is InChI=1S/C24H23BrN2O5S/c1-16-3-2-4-18(11-16)15-32-20-6-5-17(12-19(20)25)13-21-23(29)27(24(30)33-21)14-22(28)26-7-9-31-10-8-26/h2-6,11-13H,7-10,14-15H2,1H3/b21-13+. The van der Waals surface area contributed by atoms with E-state index in [9.17, 15) is 14.4 Å². The quantitative estimate of drug-likeness (QED) is 0.520. The van der Waals surface area contributed by atoms with E-state index in [0.717, 1.165) is 32.3 Å². The zero-order chi connectivity index (χ0) is 23.4. The van der Waals surface area contributed by atoms with Crippen molar-refractivity contribution in [2.75, 3.05) is 32.8 Å². The SMILES string of the molecule is Cc1cccc(COc2ccc(/C=C3/SC(=O)N(CC(=O)N4CCOCC4)C3=O)cc2Br)c1. The summed E-state index contributed by atoms with van der Waals surface area (Å²) in [5.74, 6) is -0.0277. The first kappa shape index (κ1) is 23.5. The van der Waals surface area contributed by atoms with Gasteiger partial charge in [-0.3, -0.25) is 19.3 Å². The zero-order valence-corrected chi connectivity index (χ0v) is 20.5. The number of imide groups is 1. The fourth-order valence-electron chi connectivity index (χ4n) is 3.52. The van der Waals surface area contributed by atoms with Crippen molar-refractivity contribution < 1.29 is 23.9 Å². The predicted octanol–water partition coefficient (Wildman–Crippen LogP) is 4.23. The molecule has 2 aromatic rings. The van der Waals surface area contributed by atoms with Crippen LogP contribution in [0.3, 0.4) is 0 Å². The van der Waals surface area contributed by atoms with Crippen LogP contribution < -0.4 is 4.74 Å². The maximum atomic E-state index is 12.8. The molecule has 2 fully saturated rings. The number of hydrogen-bond donors (Lipinski definition) is 0. The van der Waals surface area contributed by atoms with Crippen LogP contribution in [0.2, 0.25) is 0 Å². The van der Waals surface area contributed by atoms with Gasteiger partial charge in [0, 0.05) is 13.1 Å². The van der Waals surface area contributed by atoms with Gasteiger partial charge in [-0.25, -0.2) is 0 Å². The number of amides is 3. The summed E-state index contributed by atoms with van der Waals surface area (Å²) in [5.41, 5.74) is 2.99. The van der Waals surface area contributed by atoms with Crippen molar-refractivity contribution >= 4 is 50.8 Å². The van der Waals surface area contributed by atoms with E-state index in [-0.39, 0.29) is 17.4 Å². The van der Waals surface area contributed by atoms with E-state index in [2.05, 4.69) is 22.0 Å². The third-order valence-corrected chi connectivity index (χ3v) is 6.79. The van der Waals surface area contributed by atoms with Crippen LogP contribution >= 0.6 is 27.7 Å².